The minimum atomic E-state index is -0.104. The summed E-state index contributed by atoms with van der Waals surface area (Å²) >= 11 is 0. The number of nitrogens with one attached hydrogen (secondary N) is 2. The maximum absolute atomic E-state index is 11.8. The van der Waals surface area contributed by atoms with Gasteiger partial charge in [0.1, 0.15) is 0 Å². The molecule has 1 amide bonds. The molecule has 1 saturated heterocycles. The number of aromatic amines is 1. The van der Waals surface area contributed by atoms with Crippen molar-refractivity contribution >= 4 is 23.0 Å². The van der Waals surface area contributed by atoms with Crippen LogP contribution in [0, 0.1) is 0 Å². The maximum Gasteiger partial charge on any atom is 0.254 e. The lowest BCUT2D eigenvalue weighted by Crippen LogP contribution is -2.42. The van der Waals surface area contributed by atoms with Gasteiger partial charge in [-0.15, -0.1) is 0 Å². The number of rotatable bonds is 4. The Kier molecular flexibility index (Phi) is 4.28. The van der Waals surface area contributed by atoms with Crippen molar-refractivity contribution in [2.24, 2.45) is 5.10 Å². The van der Waals surface area contributed by atoms with Crippen LogP contribution in [0.1, 0.15) is 5.56 Å². The van der Waals surface area contributed by atoms with Crippen LogP contribution < -0.4 is 5.43 Å². The predicted octanol–water partition coefficient (Wildman–Crippen LogP) is 0.950. The van der Waals surface area contributed by atoms with E-state index in [9.17, 15) is 4.79 Å². The first kappa shape index (κ1) is 13.8. The average Bonchev–Trinajstić information content (AvgIpc) is 2.92. The third kappa shape index (κ3) is 3.48. The molecule has 1 aliphatic rings. The van der Waals surface area contributed by atoms with Crippen LogP contribution in [0.2, 0.25) is 0 Å². The molecule has 110 valence electrons. The Balaban J connectivity index is 1.55. The number of morpholine rings is 1. The summed E-state index contributed by atoms with van der Waals surface area (Å²) in [5.74, 6) is -0.104. The van der Waals surface area contributed by atoms with Crippen molar-refractivity contribution in [2.75, 3.05) is 32.8 Å². The summed E-state index contributed by atoms with van der Waals surface area (Å²) in [7, 11) is 0. The van der Waals surface area contributed by atoms with Gasteiger partial charge in [0.2, 0.25) is 0 Å². The number of benzene rings is 1. The lowest BCUT2D eigenvalue weighted by atomic mass is 10.2. The number of hydrogen-bond donors (Lipinski definition) is 2. The Morgan fingerprint density at radius 2 is 2.19 bits per heavy atom. The van der Waals surface area contributed by atoms with Gasteiger partial charge in [-0.3, -0.25) is 9.69 Å². The molecule has 6 nitrogen and oxygen atoms in total. The molecular weight excluding hydrogens is 268 g/mol. The van der Waals surface area contributed by atoms with E-state index >= 15 is 0 Å². The Labute approximate surface area is 122 Å². The first-order chi connectivity index (χ1) is 10.3. The third-order valence-corrected chi connectivity index (χ3v) is 3.49. The summed E-state index contributed by atoms with van der Waals surface area (Å²) in [5.41, 5.74) is 4.58. The number of para-hydroxylation sites is 1. The van der Waals surface area contributed by atoms with Crippen molar-refractivity contribution in [3.63, 3.8) is 0 Å². The molecule has 6 heteroatoms. The molecule has 0 spiro atoms. The van der Waals surface area contributed by atoms with E-state index < -0.39 is 0 Å². The van der Waals surface area contributed by atoms with Gasteiger partial charge in [0.05, 0.1) is 26.0 Å². The van der Waals surface area contributed by atoms with Crippen molar-refractivity contribution in [1.29, 1.82) is 0 Å². The highest BCUT2D eigenvalue weighted by atomic mass is 16.5. The highest BCUT2D eigenvalue weighted by Gasteiger charge is 2.13. The number of H-pyrrole nitrogens is 1. The summed E-state index contributed by atoms with van der Waals surface area (Å²) in [6, 6.07) is 7.97. The second kappa shape index (κ2) is 6.51. The molecule has 0 saturated carbocycles. The van der Waals surface area contributed by atoms with Crippen LogP contribution in [0.4, 0.5) is 0 Å². The molecule has 0 radical (unpaired) electrons. The Morgan fingerprint density at radius 1 is 1.38 bits per heavy atom. The van der Waals surface area contributed by atoms with Crippen LogP contribution >= 0.6 is 0 Å². The van der Waals surface area contributed by atoms with Crippen molar-refractivity contribution in [3.8, 4) is 0 Å². The van der Waals surface area contributed by atoms with Gasteiger partial charge in [0.15, 0.2) is 0 Å². The zero-order chi connectivity index (χ0) is 14.5. The fourth-order valence-corrected chi connectivity index (χ4v) is 2.37. The molecule has 2 heterocycles. The molecule has 2 N–H and O–H groups in total. The van der Waals surface area contributed by atoms with Crippen LogP contribution in [0.3, 0.4) is 0 Å². The number of ether oxygens (including phenoxy) is 1. The van der Waals surface area contributed by atoms with E-state index in [2.05, 4.69) is 20.4 Å². The maximum atomic E-state index is 11.8. The number of fused-ring (bicyclic) bond motifs is 1. The Hall–Kier alpha value is -2.18. The lowest BCUT2D eigenvalue weighted by molar-refractivity contribution is -0.123. The topological polar surface area (TPSA) is 69.7 Å². The predicted molar refractivity (Wildman–Crippen MR) is 81.3 cm³/mol. The molecule has 2 aromatic rings. The third-order valence-electron chi connectivity index (χ3n) is 3.49. The van der Waals surface area contributed by atoms with Crippen molar-refractivity contribution < 1.29 is 9.53 Å². The number of amides is 1. The zero-order valence-electron chi connectivity index (χ0n) is 11.7. The Morgan fingerprint density at radius 3 is 3.05 bits per heavy atom. The summed E-state index contributed by atoms with van der Waals surface area (Å²) in [6.07, 6.45) is 3.54. The molecule has 0 unspecified atom stereocenters. The lowest BCUT2D eigenvalue weighted by Gasteiger charge is -2.25. The number of hydrazone groups is 1. The molecule has 0 bridgehead atoms. The molecule has 0 aliphatic carbocycles. The van der Waals surface area contributed by atoms with Crippen LogP contribution in [-0.4, -0.2) is 54.9 Å². The van der Waals surface area contributed by atoms with Crippen molar-refractivity contribution in [3.05, 3.63) is 36.0 Å². The van der Waals surface area contributed by atoms with E-state index in [1.807, 2.05) is 30.5 Å². The number of carbonyl (C=O) groups is 1. The number of hydrogen-bond acceptors (Lipinski definition) is 4. The second-order valence-electron chi connectivity index (χ2n) is 4.97. The minimum Gasteiger partial charge on any atom is -0.379 e. The summed E-state index contributed by atoms with van der Waals surface area (Å²) < 4.78 is 5.25. The van der Waals surface area contributed by atoms with Gasteiger partial charge in [-0.25, -0.2) is 5.43 Å². The van der Waals surface area contributed by atoms with Gasteiger partial charge in [-0.1, -0.05) is 18.2 Å². The minimum absolute atomic E-state index is 0.104. The summed E-state index contributed by atoms with van der Waals surface area (Å²) in [4.78, 5) is 17.0. The normalized spacial score (nSPS) is 16.6. The number of carbonyl (C=O) groups excluding carboxylic acids is 1. The highest BCUT2D eigenvalue weighted by molar-refractivity contribution is 5.99. The van der Waals surface area contributed by atoms with E-state index in [4.69, 9.17) is 4.74 Å². The van der Waals surface area contributed by atoms with Crippen LogP contribution in [0.25, 0.3) is 10.9 Å². The number of aromatic nitrogens is 1. The molecular formula is C15H18N4O2. The van der Waals surface area contributed by atoms with Crippen LogP contribution in [0.15, 0.2) is 35.6 Å². The molecule has 21 heavy (non-hydrogen) atoms. The average molecular weight is 286 g/mol. The quantitative estimate of drug-likeness (QED) is 0.649. The molecule has 1 fully saturated rings. The van der Waals surface area contributed by atoms with Gasteiger partial charge in [0, 0.05) is 35.8 Å². The first-order valence-corrected chi connectivity index (χ1v) is 7.01. The van der Waals surface area contributed by atoms with E-state index in [1.165, 1.54) is 0 Å². The Bertz CT molecular complexity index is 644. The molecule has 1 aromatic carbocycles. The van der Waals surface area contributed by atoms with Gasteiger partial charge in [0.25, 0.3) is 5.91 Å². The van der Waals surface area contributed by atoms with Crippen LogP contribution in [0.5, 0.6) is 0 Å². The van der Waals surface area contributed by atoms with Gasteiger partial charge in [-0.2, -0.15) is 5.10 Å². The summed E-state index contributed by atoms with van der Waals surface area (Å²) in [5, 5.41) is 5.11. The van der Waals surface area contributed by atoms with Crippen molar-refractivity contribution in [2.45, 2.75) is 0 Å². The molecule has 0 atom stereocenters. The van der Waals surface area contributed by atoms with E-state index in [1.54, 1.807) is 6.21 Å². The largest absolute Gasteiger partial charge is 0.379 e. The molecule has 1 aliphatic heterocycles. The smallest absolute Gasteiger partial charge is 0.254 e. The standard InChI is InChI=1S/C15H18N4O2/c20-15(11-19-5-7-21-8-6-19)18-17-10-12-9-16-14-4-2-1-3-13(12)14/h1-4,9-10,16H,5-8,11H2,(H,18,20)/b17-10-. The van der Waals surface area contributed by atoms with E-state index in [-0.39, 0.29) is 5.91 Å². The van der Waals surface area contributed by atoms with E-state index in [0.29, 0.717) is 19.8 Å². The summed E-state index contributed by atoms with van der Waals surface area (Å²) in [6.45, 7) is 3.31. The second-order valence-corrected chi connectivity index (χ2v) is 4.97. The SMILES string of the molecule is O=C(CN1CCOCC1)N/N=C\c1c[nH]c2ccccc12. The highest BCUT2D eigenvalue weighted by Crippen LogP contribution is 2.15. The van der Waals surface area contributed by atoms with Gasteiger partial charge >= 0.3 is 0 Å². The first-order valence-electron chi connectivity index (χ1n) is 7.01. The van der Waals surface area contributed by atoms with Gasteiger partial charge in [-0.05, 0) is 6.07 Å². The molecule has 3 rings (SSSR count). The fraction of sp³-hybridized carbons (Fsp3) is 0.333. The van der Waals surface area contributed by atoms with E-state index in [0.717, 1.165) is 29.6 Å². The fourth-order valence-electron chi connectivity index (χ4n) is 2.37. The zero-order valence-corrected chi connectivity index (χ0v) is 11.7. The molecule has 1 aromatic heterocycles. The van der Waals surface area contributed by atoms with Crippen LogP contribution in [-0.2, 0) is 9.53 Å². The monoisotopic (exact) mass is 286 g/mol. The number of nitrogens with zero attached hydrogens (tertiary/aromatic N) is 2. The van der Waals surface area contributed by atoms with Gasteiger partial charge < -0.3 is 9.72 Å². The van der Waals surface area contributed by atoms with Crippen molar-refractivity contribution in [1.82, 2.24) is 15.3 Å².